The number of benzene rings is 2. The van der Waals surface area contributed by atoms with Crippen molar-refractivity contribution in [2.24, 2.45) is 0 Å². The van der Waals surface area contributed by atoms with Crippen molar-refractivity contribution in [1.82, 2.24) is 4.57 Å². The van der Waals surface area contributed by atoms with Gasteiger partial charge < -0.3 is 14.0 Å². The van der Waals surface area contributed by atoms with Gasteiger partial charge in [0.05, 0.1) is 5.52 Å². The quantitative estimate of drug-likeness (QED) is 0.382. The second-order valence-electron chi connectivity index (χ2n) is 7.77. The molecule has 0 aliphatic carbocycles. The molecule has 1 heterocycles. The Kier molecular flexibility index (Phi) is 7.81. The molecule has 0 aliphatic heterocycles. The monoisotopic (exact) mass is 409 g/mol. The minimum atomic E-state index is -0.562. The van der Waals surface area contributed by atoms with Crippen molar-refractivity contribution in [3.05, 3.63) is 65.9 Å². The van der Waals surface area contributed by atoms with Crippen molar-refractivity contribution in [3.63, 3.8) is 0 Å². The number of ketones is 1. The van der Waals surface area contributed by atoms with Crippen molar-refractivity contribution < 1.29 is 19.1 Å². The minimum absolute atomic E-state index is 0.0309. The Morgan fingerprint density at radius 1 is 1.00 bits per heavy atom. The van der Waals surface area contributed by atoms with Gasteiger partial charge in [0.25, 0.3) is 0 Å². The highest BCUT2D eigenvalue weighted by atomic mass is 16.6. The van der Waals surface area contributed by atoms with Gasteiger partial charge in [-0.1, -0.05) is 44.2 Å². The number of hydrogen-bond acceptors (Lipinski definition) is 4. The molecule has 0 atom stereocenters. The Labute approximate surface area is 178 Å². The van der Waals surface area contributed by atoms with E-state index in [0.717, 1.165) is 16.5 Å². The number of esters is 1. The fourth-order valence-corrected chi connectivity index (χ4v) is 3.03. The van der Waals surface area contributed by atoms with Crippen LogP contribution in [0.1, 0.15) is 57.5 Å². The summed E-state index contributed by atoms with van der Waals surface area (Å²) in [4.78, 5) is 24.3. The van der Waals surface area contributed by atoms with Gasteiger partial charge in [-0.2, -0.15) is 0 Å². The second kappa shape index (κ2) is 10.1. The Morgan fingerprint density at radius 3 is 2.27 bits per heavy atom. The van der Waals surface area contributed by atoms with E-state index in [0.29, 0.717) is 17.9 Å². The summed E-state index contributed by atoms with van der Waals surface area (Å²) in [6, 6.07) is 15.4. The fraction of sp³-hybridized carbons (Fsp3) is 0.360. The number of ether oxygens (including phenoxy) is 2. The normalized spacial score (nSPS) is 10.9. The predicted octanol–water partition coefficient (Wildman–Crippen LogP) is 5.79. The average molecular weight is 410 g/mol. The highest BCUT2D eigenvalue weighted by Crippen LogP contribution is 2.27. The van der Waals surface area contributed by atoms with Crippen LogP contribution >= 0.6 is 0 Å². The van der Waals surface area contributed by atoms with Gasteiger partial charge in [0, 0.05) is 23.2 Å². The minimum Gasteiger partial charge on any atom is -0.489 e. The van der Waals surface area contributed by atoms with Crippen LogP contribution in [0.3, 0.4) is 0 Å². The van der Waals surface area contributed by atoms with Gasteiger partial charge >= 0.3 is 5.97 Å². The molecular weight excluding hydrogens is 378 g/mol. The van der Waals surface area contributed by atoms with Crippen LogP contribution in [0.15, 0.2) is 54.7 Å². The van der Waals surface area contributed by atoms with Crippen molar-refractivity contribution in [3.8, 4) is 5.75 Å². The largest absolute Gasteiger partial charge is 0.489 e. The molecule has 0 saturated heterocycles. The smallest absolute Gasteiger partial charge is 0.326 e. The van der Waals surface area contributed by atoms with E-state index in [4.69, 9.17) is 9.47 Å². The molecule has 30 heavy (non-hydrogen) atoms. The summed E-state index contributed by atoms with van der Waals surface area (Å²) in [6.45, 7) is 11.5. The number of hydrogen-bond donors (Lipinski definition) is 0. The van der Waals surface area contributed by atoms with E-state index >= 15 is 0 Å². The number of rotatable bonds is 6. The summed E-state index contributed by atoms with van der Waals surface area (Å²) in [5, 5.41) is 0.795. The molecule has 0 bridgehead atoms. The van der Waals surface area contributed by atoms with Gasteiger partial charge in [-0.3, -0.25) is 9.59 Å². The molecular formula is C25H31NO4. The van der Waals surface area contributed by atoms with Gasteiger partial charge in [0.1, 0.15) is 24.5 Å². The molecule has 0 amide bonds. The SMILES string of the molecule is CC.CC(=O)c1cn(CC(=O)OC(C)(C)C)c2cc(OCc3ccccc3)ccc12. The van der Waals surface area contributed by atoms with Gasteiger partial charge in [-0.25, -0.2) is 0 Å². The zero-order valence-corrected chi connectivity index (χ0v) is 18.7. The van der Waals surface area contributed by atoms with E-state index < -0.39 is 5.60 Å². The number of nitrogens with zero attached hydrogens (tertiary/aromatic N) is 1. The number of carbonyl (C=O) groups excluding carboxylic acids is 2. The Bertz CT molecular complexity index is 997. The van der Waals surface area contributed by atoms with E-state index in [9.17, 15) is 9.59 Å². The summed E-state index contributed by atoms with van der Waals surface area (Å²) in [5.41, 5.74) is 1.85. The molecule has 0 saturated carbocycles. The van der Waals surface area contributed by atoms with Crippen LogP contribution in [-0.2, 0) is 22.7 Å². The predicted molar refractivity (Wildman–Crippen MR) is 120 cm³/mol. The van der Waals surface area contributed by atoms with Crippen LogP contribution in [0, 0.1) is 0 Å². The summed E-state index contributed by atoms with van der Waals surface area (Å²) in [7, 11) is 0. The zero-order valence-electron chi connectivity index (χ0n) is 18.7. The third-order valence-electron chi connectivity index (χ3n) is 4.20. The molecule has 160 valence electrons. The first kappa shape index (κ1) is 23.2. The Morgan fingerprint density at radius 2 is 1.67 bits per heavy atom. The van der Waals surface area contributed by atoms with Gasteiger partial charge in [-0.15, -0.1) is 0 Å². The first-order valence-corrected chi connectivity index (χ1v) is 10.3. The van der Waals surface area contributed by atoms with Crippen LogP contribution in [0.5, 0.6) is 5.75 Å². The van der Waals surface area contributed by atoms with Crippen molar-refractivity contribution >= 4 is 22.7 Å². The van der Waals surface area contributed by atoms with Crippen LogP contribution in [0.2, 0.25) is 0 Å². The lowest BCUT2D eigenvalue weighted by molar-refractivity contribution is -0.155. The molecule has 1 aromatic heterocycles. The number of Topliss-reactive ketones (excluding diaryl/α,β-unsaturated/α-hetero) is 1. The zero-order chi connectivity index (χ0) is 22.3. The summed E-state index contributed by atoms with van der Waals surface area (Å²) in [6.07, 6.45) is 1.71. The van der Waals surface area contributed by atoms with Gasteiger partial charge in [-0.05, 0) is 45.4 Å². The van der Waals surface area contributed by atoms with E-state index in [1.807, 2.05) is 83.1 Å². The number of aromatic nitrogens is 1. The van der Waals surface area contributed by atoms with Crippen molar-refractivity contribution in [1.29, 1.82) is 0 Å². The molecule has 0 unspecified atom stereocenters. The highest BCUT2D eigenvalue weighted by Gasteiger charge is 2.19. The molecule has 3 rings (SSSR count). The van der Waals surface area contributed by atoms with Gasteiger partial charge in [0.2, 0.25) is 0 Å². The first-order valence-electron chi connectivity index (χ1n) is 10.3. The van der Waals surface area contributed by atoms with Crippen molar-refractivity contribution in [2.75, 3.05) is 0 Å². The molecule has 0 aliphatic rings. The van der Waals surface area contributed by atoms with E-state index in [1.54, 1.807) is 10.8 Å². The molecule has 0 fully saturated rings. The Hall–Kier alpha value is -3.08. The van der Waals surface area contributed by atoms with E-state index in [-0.39, 0.29) is 18.3 Å². The lowest BCUT2D eigenvalue weighted by atomic mass is 10.1. The summed E-state index contributed by atoms with van der Waals surface area (Å²) in [5.74, 6) is 0.274. The average Bonchev–Trinajstić information content (AvgIpc) is 3.05. The van der Waals surface area contributed by atoms with E-state index in [1.165, 1.54) is 6.92 Å². The summed E-state index contributed by atoms with van der Waals surface area (Å²) >= 11 is 0. The van der Waals surface area contributed by atoms with E-state index in [2.05, 4.69) is 0 Å². The third-order valence-corrected chi connectivity index (χ3v) is 4.20. The molecule has 0 spiro atoms. The molecule has 3 aromatic rings. The van der Waals surface area contributed by atoms with Crippen LogP contribution < -0.4 is 4.74 Å². The van der Waals surface area contributed by atoms with Crippen LogP contribution in [0.4, 0.5) is 0 Å². The number of fused-ring (bicyclic) bond motifs is 1. The molecule has 5 nitrogen and oxygen atoms in total. The maximum absolute atomic E-state index is 12.3. The van der Waals surface area contributed by atoms with Crippen molar-refractivity contribution in [2.45, 2.75) is 60.3 Å². The third kappa shape index (κ3) is 6.21. The summed E-state index contributed by atoms with van der Waals surface area (Å²) < 4.78 is 13.1. The molecule has 0 radical (unpaired) electrons. The maximum Gasteiger partial charge on any atom is 0.326 e. The fourth-order valence-electron chi connectivity index (χ4n) is 3.03. The lowest BCUT2D eigenvalue weighted by Crippen LogP contribution is -2.26. The topological polar surface area (TPSA) is 57.5 Å². The number of carbonyl (C=O) groups is 2. The van der Waals surface area contributed by atoms with Crippen LogP contribution in [0.25, 0.3) is 10.9 Å². The lowest BCUT2D eigenvalue weighted by Gasteiger charge is -2.19. The second-order valence-corrected chi connectivity index (χ2v) is 7.77. The molecule has 2 aromatic carbocycles. The molecule has 0 N–H and O–H groups in total. The van der Waals surface area contributed by atoms with Crippen LogP contribution in [-0.4, -0.2) is 21.9 Å². The standard InChI is InChI=1S/C23H25NO4.C2H6/c1-16(25)20-13-24(14-22(26)28-23(2,3)4)21-12-18(10-11-19(20)21)27-15-17-8-6-5-7-9-17;1-2/h5-13H,14-15H2,1-4H3;1-2H3. The highest BCUT2D eigenvalue weighted by molar-refractivity contribution is 6.07. The molecule has 5 heteroatoms. The first-order chi connectivity index (χ1) is 14.2. The Balaban J connectivity index is 0.00000155. The van der Waals surface area contributed by atoms with Gasteiger partial charge in [0.15, 0.2) is 5.78 Å². The maximum atomic E-state index is 12.3.